The fraction of sp³-hybridized carbons (Fsp3) is 1.00. The van der Waals surface area contributed by atoms with Crippen LogP contribution in [0.3, 0.4) is 0 Å². The maximum absolute atomic E-state index is 5.52. The Balaban J connectivity index is 1.84. The van der Waals surface area contributed by atoms with Crippen molar-refractivity contribution in [1.82, 2.24) is 10.6 Å². The average molecular weight is 254 g/mol. The Morgan fingerprint density at radius 2 is 1.94 bits per heavy atom. The van der Waals surface area contributed by atoms with E-state index in [1.165, 1.54) is 45.3 Å². The highest BCUT2D eigenvalue weighted by molar-refractivity contribution is 5.03. The Morgan fingerprint density at radius 1 is 1.28 bits per heavy atom. The van der Waals surface area contributed by atoms with Crippen LogP contribution in [0.25, 0.3) is 0 Å². The monoisotopic (exact) mass is 254 g/mol. The zero-order chi connectivity index (χ0) is 13.2. The van der Waals surface area contributed by atoms with Crippen LogP contribution in [0.5, 0.6) is 0 Å². The van der Waals surface area contributed by atoms with Gasteiger partial charge in [0.25, 0.3) is 0 Å². The molecule has 0 amide bonds. The molecule has 2 N–H and O–H groups in total. The summed E-state index contributed by atoms with van der Waals surface area (Å²) >= 11 is 0. The van der Waals surface area contributed by atoms with E-state index in [0.29, 0.717) is 17.6 Å². The molecule has 0 spiro atoms. The van der Waals surface area contributed by atoms with E-state index in [-0.39, 0.29) is 5.41 Å². The van der Waals surface area contributed by atoms with Crippen LogP contribution < -0.4 is 10.6 Å². The van der Waals surface area contributed by atoms with Gasteiger partial charge < -0.3 is 15.4 Å². The summed E-state index contributed by atoms with van der Waals surface area (Å²) in [6.07, 6.45) is 5.53. The van der Waals surface area contributed by atoms with Crippen molar-refractivity contribution in [3.8, 4) is 0 Å². The summed E-state index contributed by atoms with van der Waals surface area (Å²) in [6, 6.07) is 0.626. The van der Waals surface area contributed by atoms with Crippen LogP contribution in [0.1, 0.15) is 46.5 Å². The molecule has 0 aromatic heterocycles. The second-order valence-electron chi connectivity index (χ2n) is 6.82. The molecule has 0 aromatic rings. The molecule has 0 bridgehead atoms. The first-order chi connectivity index (χ1) is 8.54. The first-order valence-electron chi connectivity index (χ1n) is 7.51. The number of methoxy groups -OCH3 is 1. The zero-order valence-corrected chi connectivity index (χ0v) is 12.5. The fourth-order valence-electron chi connectivity index (χ4n) is 3.58. The molecule has 1 saturated carbocycles. The Labute approximate surface area is 112 Å². The first kappa shape index (κ1) is 14.3. The number of ether oxygens (including phenoxy) is 1. The topological polar surface area (TPSA) is 33.3 Å². The molecule has 106 valence electrons. The molecule has 1 aliphatic heterocycles. The van der Waals surface area contributed by atoms with E-state index in [2.05, 4.69) is 31.4 Å². The maximum Gasteiger partial charge on any atom is 0.0652 e. The molecule has 3 nitrogen and oxygen atoms in total. The van der Waals surface area contributed by atoms with Crippen LogP contribution in [0, 0.1) is 10.8 Å². The minimum absolute atomic E-state index is 0.288. The van der Waals surface area contributed by atoms with Gasteiger partial charge in [0.2, 0.25) is 0 Å². The summed E-state index contributed by atoms with van der Waals surface area (Å²) in [5, 5.41) is 7.30. The van der Waals surface area contributed by atoms with E-state index in [1.807, 2.05) is 7.11 Å². The van der Waals surface area contributed by atoms with Gasteiger partial charge >= 0.3 is 0 Å². The zero-order valence-electron chi connectivity index (χ0n) is 12.5. The predicted molar refractivity (Wildman–Crippen MR) is 75.8 cm³/mol. The van der Waals surface area contributed by atoms with Crippen LogP contribution in [0.4, 0.5) is 0 Å². The quantitative estimate of drug-likeness (QED) is 0.789. The van der Waals surface area contributed by atoms with Gasteiger partial charge in [-0.2, -0.15) is 0 Å². The second kappa shape index (κ2) is 5.48. The number of hydrogen-bond donors (Lipinski definition) is 2. The van der Waals surface area contributed by atoms with Crippen molar-refractivity contribution in [3.05, 3.63) is 0 Å². The summed E-state index contributed by atoms with van der Waals surface area (Å²) in [5.41, 5.74) is 0.816. The molecule has 2 fully saturated rings. The summed E-state index contributed by atoms with van der Waals surface area (Å²) in [5.74, 6) is 0. The lowest BCUT2D eigenvalue weighted by Gasteiger charge is -2.52. The minimum Gasteiger partial charge on any atom is -0.381 e. The molecule has 18 heavy (non-hydrogen) atoms. The van der Waals surface area contributed by atoms with Crippen molar-refractivity contribution >= 4 is 0 Å². The first-order valence-corrected chi connectivity index (χ1v) is 7.51. The Kier molecular flexibility index (Phi) is 4.35. The van der Waals surface area contributed by atoms with Crippen LogP contribution in [0.15, 0.2) is 0 Å². The largest absolute Gasteiger partial charge is 0.381 e. The molecule has 1 heterocycles. The van der Waals surface area contributed by atoms with E-state index < -0.39 is 0 Å². The molecule has 2 rings (SSSR count). The molecule has 1 saturated heterocycles. The van der Waals surface area contributed by atoms with Crippen LogP contribution in [0.2, 0.25) is 0 Å². The number of rotatable bonds is 5. The van der Waals surface area contributed by atoms with Crippen LogP contribution in [-0.4, -0.2) is 38.9 Å². The Hall–Kier alpha value is -0.120. The standard InChI is InChI=1S/C15H30N2O/c1-5-15(6-8-16-9-7-15)11-17-12-10-13(18-4)14(12,2)3/h12-13,16-17H,5-11H2,1-4H3. The molecule has 0 radical (unpaired) electrons. The summed E-state index contributed by atoms with van der Waals surface area (Å²) in [4.78, 5) is 0. The van der Waals surface area contributed by atoms with Gasteiger partial charge in [0.05, 0.1) is 6.10 Å². The minimum atomic E-state index is 0.288. The Morgan fingerprint density at radius 3 is 2.44 bits per heavy atom. The molecule has 3 heteroatoms. The van der Waals surface area contributed by atoms with Crippen LogP contribution >= 0.6 is 0 Å². The van der Waals surface area contributed by atoms with E-state index >= 15 is 0 Å². The molecule has 2 atom stereocenters. The highest BCUT2D eigenvalue weighted by Crippen LogP contribution is 2.43. The second-order valence-corrected chi connectivity index (χ2v) is 6.82. The number of hydrogen-bond acceptors (Lipinski definition) is 3. The Bertz CT molecular complexity index is 272. The van der Waals surface area contributed by atoms with Crippen molar-refractivity contribution in [2.24, 2.45) is 10.8 Å². The number of nitrogens with one attached hydrogen (secondary N) is 2. The van der Waals surface area contributed by atoms with E-state index in [4.69, 9.17) is 4.74 Å². The average Bonchev–Trinajstić information content (AvgIpc) is 2.39. The van der Waals surface area contributed by atoms with Gasteiger partial charge in [0.15, 0.2) is 0 Å². The van der Waals surface area contributed by atoms with Crippen molar-refractivity contribution in [2.75, 3.05) is 26.7 Å². The smallest absolute Gasteiger partial charge is 0.0652 e. The summed E-state index contributed by atoms with van der Waals surface area (Å²) in [7, 11) is 1.84. The van der Waals surface area contributed by atoms with Gasteiger partial charge in [-0.25, -0.2) is 0 Å². The van der Waals surface area contributed by atoms with Gasteiger partial charge in [0, 0.05) is 25.1 Å². The van der Waals surface area contributed by atoms with Crippen molar-refractivity contribution < 1.29 is 4.74 Å². The third-order valence-electron chi connectivity index (χ3n) is 5.60. The fourth-order valence-corrected chi connectivity index (χ4v) is 3.58. The summed E-state index contributed by atoms with van der Waals surface area (Å²) < 4.78 is 5.52. The maximum atomic E-state index is 5.52. The van der Waals surface area contributed by atoms with E-state index in [1.54, 1.807) is 0 Å². The third-order valence-corrected chi connectivity index (χ3v) is 5.60. The van der Waals surface area contributed by atoms with Gasteiger partial charge in [0.1, 0.15) is 0 Å². The summed E-state index contributed by atoms with van der Waals surface area (Å²) in [6.45, 7) is 10.5. The molecule has 2 unspecified atom stereocenters. The molecule has 0 aromatic carbocycles. The third kappa shape index (κ3) is 2.59. The highest BCUT2D eigenvalue weighted by Gasteiger charge is 2.48. The van der Waals surface area contributed by atoms with Crippen molar-refractivity contribution in [3.63, 3.8) is 0 Å². The predicted octanol–water partition coefficient (Wildman–Crippen LogP) is 2.17. The highest BCUT2D eigenvalue weighted by atomic mass is 16.5. The van der Waals surface area contributed by atoms with Crippen molar-refractivity contribution in [1.29, 1.82) is 0 Å². The van der Waals surface area contributed by atoms with E-state index in [0.717, 1.165) is 0 Å². The van der Waals surface area contributed by atoms with Gasteiger partial charge in [-0.15, -0.1) is 0 Å². The molecule has 2 aliphatic rings. The lowest BCUT2D eigenvalue weighted by Crippen LogP contribution is -2.62. The van der Waals surface area contributed by atoms with Gasteiger partial charge in [-0.3, -0.25) is 0 Å². The normalized spacial score (nSPS) is 34.0. The SMILES string of the molecule is CCC1(CNC2CC(OC)C2(C)C)CCNCC1. The van der Waals surface area contributed by atoms with Gasteiger partial charge in [-0.1, -0.05) is 20.8 Å². The van der Waals surface area contributed by atoms with Crippen molar-refractivity contribution in [2.45, 2.75) is 58.6 Å². The number of piperidine rings is 1. The van der Waals surface area contributed by atoms with Gasteiger partial charge in [-0.05, 0) is 44.2 Å². The lowest BCUT2D eigenvalue weighted by atomic mass is 9.64. The molecular weight excluding hydrogens is 224 g/mol. The lowest BCUT2D eigenvalue weighted by molar-refractivity contribution is -0.100. The van der Waals surface area contributed by atoms with E-state index in [9.17, 15) is 0 Å². The molecule has 1 aliphatic carbocycles. The van der Waals surface area contributed by atoms with Crippen LogP contribution in [-0.2, 0) is 4.74 Å². The molecular formula is C15H30N2O.